The van der Waals surface area contributed by atoms with Crippen LogP contribution >= 0.6 is 11.6 Å². The summed E-state index contributed by atoms with van der Waals surface area (Å²) in [6.07, 6.45) is -0.439. The summed E-state index contributed by atoms with van der Waals surface area (Å²) in [7, 11) is 0. The molecule has 4 aliphatic rings. The SMILES string of the molecule is Nc1c(Cl)cc(C(=O)NCC2C3CN(CC4CCOCC4)CC23)c2c1CCCO2.O=C(O)C(O)C(O)C(=O)O. The van der Waals surface area contributed by atoms with Gasteiger partial charge in [-0.2, -0.15) is 0 Å². The van der Waals surface area contributed by atoms with Gasteiger partial charge in [-0.15, -0.1) is 0 Å². The predicted octanol–water partition coefficient (Wildman–Crippen LogP) is 0.459. The average Bonchev–Trinajstić information content (AvgIpc) is 3.39. The summed E-state index contributed by atoms with van der Waals surface area (Å²) in [6.45, 7) is 6.75. The lowest BCUT2D eigenvalue weighted by atomic mass is 9.99. The highest BCUT2D eigenvalue weighted by Crippen LogP contribution is 2.51. The number of hydrogen-bond donors (Lipinski definition) is 6. The first-order valence-electron chi connectivity index (χ1n) is 13.2. The molecule has 3 aliphatic heterocycles. The number of nitrogens with one attached hydrogen (secondary N) is 1. The summed E-state index contributed by atoms with van der Waals surface area (Å²) >= 11 is 6.27. The van der Waals surface area contributed by atoms with Gasteiger partial charge in [0.2, 0.25) is 0 Å². The van der Waals surface area contributed by atoms with Crippen LogP contribution in [0.25, 0.3) is 0 Å². The van der Waals surface area contributed by atoms with Crippen LogP contribution in [-0.4, -0.2) is 101 Å². The number of likely N-dealkylation sites (tertiary alicyclic amines) is 1. The van der Waals surface area contributed by atoms with Gasteiger partial charge in [-0.1, -0.05) is 11.6 Å². The van der Waals surface area contributed by atoms with E-state index in [2.05, 4.69) is 10.2 Å². The Morgan fingerprint density at radius 2 is 1.69 bits per heavy atom. The van der Waals surface area contributed by atoms with Crippen molar-refractivity contribution < 1.29 is 44.3 Å². The number of halogens is 1. The molecule has 7 N–H and O–H groups in total. The fraction of sp³-hybridized carbons (Fsp3) is 0.654. The lowest BCUT2D eigenvalue weighted by Crippen LogP contribution is -2.39. The Morgan fingerprint density at radius 3 is 2.28 bits per heavy atom. The third-order valence-corrected chi connectivity index (χ3v) is 8.35. The summed E-state index contributed by atoms with van der Waals surface area (Å²) < 4.78 is 11.2. The number of piperidine rings is 1. The minimum Gasteiger partial charge on any atom is -0.492 e. The van der Waals surface area contributed by atoms with Crippen molar-refractivity contribution in [1.29, 1.82) is 0 Å². The second-order valence-corrected chi connectivity index (χ2v) is 11.0. The van der Waals surface area contributed by atoms with Crippen molar-refractivity contribution in [2.75, 3.05) is 51.7 Å². The monoisotopic (exact) mass is 569 g/mol. The normalized spacial score (nSPS) is 25.7. The van der Waals surface area contributed by atoms with Crippen LogP contribution in [0.5, 0.6) is 5.75 Å². The minimum absolute atomic E-state index is 0.103. The second-order valence-electron chi connectivity index (χ2n) is 10.6. The number of carbonyl (C=O) groups is 3. The zero-order valence-corrected chi connectivity index (χ0v) is 22.3. The van der Waals surface area contributed by atoms with Gasteiger partial charge in [0.15, 0.2) is 12.2 Å². The van der Waals surface area contributed by atoms with Crippen LogP contribution < -0.4 is 15.8 Å². The molecule has 3 fully saturated rings. The summed E-state index contributed by atoms with van der Waals surface area (Å²) in [6, 6.07) is 1.65. The van der Waals surface area contributed by atoms with Crippen LogP contribution in [-0.2, 0) is 20.7 Å². The molecular weight excluding hydrogens is 534 g/mol. The van der Waals surface area contributed by atoms with Crippen molar-refractivity contribution in [3.05, 3.63) is 22.2 Å². The number of rotatable bonds is 8. The standard InChI is InChI=1S/C22H30ClN3O3.C4H6O6/c23-19-8-15(21-14(20(19)24)2-1-5-29-21)22(27)25-9-16-17-11-26(12-18(16)17)10-13-3-6-28-7-4-13;5-1(3(7)8)2(6)4(9)10/h8,13,16-18H,1-7,9-12,24H2,(H,25,27);1-2,5-6H,(H,7,8)(H,9,10). The molecular formula is C26H36ClN3O9. The zero-order chi connectivity index (χ0) is 28.3. The summed E-state index contributed by atoms with van der Waals surface area (Å²) in [5.74, 6) is -0.162. The van der Waals surface area contributed by atoms with Gasteiger partial charge in [-0.3, -0.25) is 4.79 Å². The molecule has 13 heteroatoms. The highest BCUT2D eigenvalue weighted by Gasteiger charge is 2.55. The van der Waals surface area contributed by atoms with Crippen LogP contribution in [0.3, 0.4) is 0 Å². The Morgan fingerprint density at radius 1 is 1.08 bits per heavy atom. The van der Waals surface area contributed by atoms with Gasteiger partial charge in [0, 0.05) is 45.0 Å². The number of carboxylic acids is 2. The number of aliphatic hydroxyl groups excluding tert-OH is 2. The first kappa shape index (κ1) is 29.3. The number of anilines is 1. The van der Waals surface area contributed by atoms with Crippen LogP contribution in [0.4, 0.5) is 5.69 Å². The van der Waals surface area contributed by atoms with E-state index in [1.165, 1.54) is 32.5 Å². The van der Waals surface area contributed by atoms with Crippen LogP contribution in [0.1, 0.15) is 35.2 Å². The van der Waals surface area contributed by atoms with E-state index < -0.39 is 24.1 Å². The molecule has 0 spiro atoms. The maximum absolute atomic E-state index is 12.8. The number of fused-ring (bicyclic) bond motifs is 2. The highest BCUT2D eigenvalue weighted by atomic mass is 35.5. The van der Waals surface area contributed by atoms with Gasteiger partial charge in [0.05, 0.1) is 22.9 Å². The Hall–Kier alpha value is -2.64. The molecule has 1 saturated carbocycles. The summed E-state index contributed by atoms with van der Waals surface area (Å²) in [5, 5.41) is 36.1. The van der Waals surface area contributed by atoms with Crippen molar-refractivity contribution in [3.63, 3.8) is 0 Å². The van der Waals surface area contributed by atoms with Crippen LogP contribution in [0.15, 0.2) is 6.07 Å². The third kappa shape index (κ3) is 6.93. The van der Waals surface area contributed by atoms with E-state index in [9.17, 15) is 14.4 Å². The van der Waals surface area contributed by atoms with Crippen LogP contribution in [0, 0.1) is 23.7 Å². The Labute approximate surface area is 231 Å². The minimum atomic E-state index is -2.27. The van der Waals surface area contributed by atoms with Crippen molar-refractivity contribution >= 4 is 35.1 Å². The van der Waals surface area contributed by atoms with E-state index in [4.69, 9.17) is 47.2 Å². The van der Waals surface area contributed by atoms with Gasteiger partial charge >= 0.3 is 11.9 Å². The molecule has 12 nitrogen and oxygen atoms in total. The second kappa shape index (κ2) is 12.7. The molecule has 39 heavy (non-hydrogen) atoms. The van der Waals surface area contributed by atoms with Gasteiger partial charge in [0.1, 0.15) is 5.75 Å². The topological polar surface area (TPSA) is 192 Å². The summed E-state index contributed by atoms with van der Waals surface area (Å²) in [4.78, 5) is 35.0. The van der Waals surface area contributed by atoms with Gasteiger partial charge in [-0.25, -0.2) is 9.59 Å². The molecule has 1 amide bonds. The van der Waals surface area contributed by atoms with Crippen molar-refractivity contribution in [3.8, 4) is 5.75 Å². The van der Waals surface area contributed by atoms with Crippen molar-refractivity contribution in [1.82, 2.24) is 10.2 Å². The van der Waals surface area contributed by atoms with E-state index in [0.29, 0.717) is 34.5 Å². The Balaban J connectivity index is 0.000000303. The van der Waals surface area contributed by atoms with Gasteiger partial charge in [-0.05, 0) is 55.4 Å². The molecule has 2 saturated heterocycles. The average molecular weight is 570 g/mol. The molecule has 216 valence electrons. The van der Waals surface area contributed by atoms with E-state index in [0.717, 1.165) is 55.9 Å². The number of carbonyl (C=O) groups excluding carboxylic acids is 1. The van der Waals surface area contributed by atoms with Gasteiger partial charge < -0.3 is 45.9 Å². The number of hydrogen-bond acceptors (Lipinski definition) is 9. The smallest absolute Gasteiger partial charge is 0.335 e. The fourth-order valence-corrected chi connectivity index (χ4v) is 5.99. The van der Waals surface area contributed by atoms with Crippen molar-refractivity contribution in [2.45, 2.75) is 37.9 Å². The maximum atomic E-state index is 12.8. The molecule has 0 bridgehead atoms. The first-order valence-corrected chi connectivity index (χ1v) is 13.6. The molecule has 1 aromatic rings. The van der Waals surface area contributed by atoms with Crippen molar-refractivity contribution in [2.24, 2.45) is 23.7 Å². The maximum Gasteiger partial charge on any atom is 0.335 e. The number of nitrogens with two attached hydrogens (primary N) is 1. The van der Waals surface area contributed by atoms with Gasteiger partial charge in [0.25, 0.3) is 5.91 Å². The Bertz CT molecular complexity index is 1050. The third-order valence-electron chi connectivity index (χ3n) is 8.04. The van der Waals surface area contributed by atoms with E-state index >= 15 is 0 Å². The molecule has 1 aromatic carbocycles. The number of ether oxygens (including phenoxy) is 2. The lowest BCUT2D eigenvalue weighted by molar-refractivity contribution is -0.165. The number of amides is 1. The lowest BCUT2D eigenvalue weighted by Gasteiger charge is -2.28. The number of carboxylic acid groups (broad SMARTS) is 2. The van der Waals surface area contributed by atoms with E-state index in [-0.39, 0.29) is 5.91 Å². The van der Waals surface area contributed by atoms with E-state index in [1.54, 1.807) is 6.07 Å². The highest BCUT2D eigenvalue weighted by molar-refractivity contribution is 6.33. The molecule has 3 heterocycles. The molecule has 4 unspecified atom stereocenters. The number of nitrogens with zero attached hydrogens (tertiary/aromatic N) is 1. The number of nitrogen functional groups attached to an aromatic ring is 1. The quantitative estimate of drug-likeness (QED) is 0.238. The molecule has 5 rings (SSSR count). The number of benzene rings is 1. The molecule has 0 radical (unpaired) electrons. The zero-order valence-electron chi connectivity index (χ0n) is 21.6. The van der Waals surface area contributed by atoms with E-state index in [1.807, 2.05) is 0 Å². The van der Waals surface area contributed by atoms with Crippen LogP contribution in [0.2, 0.25) is 5.02 Å². The molecule has 4 atom stereocenters. The predicted molar refractivity (Wildman–Crippen MR) is 140 cm³/mol. The summed E-state index contributed by atoms with van der Waals surface area (Å²) in [5.41, 5.74) is 8.03. The fourth-order valence-electron chi connectivity index (χ4n) is 5.76. The first-order chi connectivity index (χ1) is 18.6. The molecule has 0 aromatic heterocycles. The largest absolute Gasteiger partial charge is 0.492 e. The number of aliphatic hydroxyl groups is 2. The Kier molecular flexibility index (Phi) is 9.55. The molecule has 1 aliphatic carbocycles. The number of aliphatic carboxylic acids is 2.